The van der Waals surface area contributed by atoms with E-state index < -0.39 is 0 Å². The Morgan fingerprint density at radius 2 is 1.12 bits per heavy atom. The summed E-state index contributed by atoms with van der Waals surface area (Å²) in [6, 6.07) is 0. The van der Waals surface area contributed by atoms with E-state index in [1.54, 1.807) is 0 Å². The second-order valence-electron chi connectivity index (χ2n) is 8.31. The summed E-state index contributed by atoms with van der Waals surface area (Å²) in [7, 11) is 0. The van der Waals surface area contributed by atoms with Gasteiger partial charge < -0.3 is 0 Å². The molecule has 25 heavy (non-hydrogen) atoms. The molecule has 0 spiro atoms. The average Bonchev–Trinajstić information content (AvgIpc) is 2.59. The molecular formula is C25H48. The third-order valence-electron chi connectivity index (χ3n) is 5.42. The molecule has 0 aromatic carbocycles. The van der Waals surface area contributed by atoms with Gasteiger partial charge in [-0.15, -0.1) is 0 Å². The van der Waals surface area contributed by atoms with Crippen molar-refractivity contribution in [3.05, 3.63) is 26.0 Å². The molecule has 2 unspecified atom stereocenters. The van der Waals surface area contributed by atoms with Gasteiger partial charge in [0.15, 0.2) is 0 Å². The summed E-state index contributed by atoms with van der Waals surface area (Å²) in [5.41, 5.74) is 0. The van der Waals surface area contributed by atoms with Crippen LogP contribution in [-0.2, 0) is 0 Å². The second kappa shape index (κ2) is 20.1. The first kappa shape index (κ1) is 24.7. The van der Waals surface area contributed by atoms with Crippen LogP contribution >= 0.6 is 0 Å². The lowest BCUT2D eigenvalue weighted by molar-refractivity contribution is 0.457. The van der Waals surface area contributed by atoms with E-state index >= 15 is 0 Å². The van der Waals surface area contributed by atoms with Gasteiger partial charge in [-0.05, 0) is 31.1 Å². The van der Waals surface area contributed by atoms with Crippen LogP contribution in [0.1, 0.15) is 123 Å². The number of hydrogen-bond donors (Lipinski definition) is 0. The Hall–Kier alpha value is -0.260. The second-order valence-corrected chi connectivity index (χ2v) is 8.31. The van der Waals surface area contributed by atoms with Crippen molar-refractivity contribution in [2.45, 2.75) is 123 Å². The molecule has 0 aromatic rings. The highest BCUT2D eigenvalue weighted by atomic mass is 14.1. The van der Waals surface area contributed by atoms with Gasteiger partial charge in [0.25, 0.3) is 0 Å². The molecule has 0 aromatic heterocycles. The molecule has 0 heterocycles. The maximum absolute atomic E-state index is 3.95. The van der Waals surface area contributed by atoms with Gasteiger partial charge in [-0.25, -0.2) is 0 Å². The van der Waals surface area contributed by atoms with Gasteiger partial charge in [0.05, 0.1) is 0 Å². The van der Waals surface area contributed by atoms with E-state index in [-0.39, 0.29) is 0 Å². The topological polar surface area (TPSA) is 0 Å². The summed E-state index contributed by atoms with van der Waals surface area (Å²) >= 11 is 0. The summed E-state index contributed by atoms with van der Waals surface area (Å²) < 4.78 is 0. The van der Waals surface area contributed by atoms with Gasteiger partial charge >= 0.3 is 0 Å². The van der Waals surface area contributed by atoms with Crippen LogP contribution in [0.25, 0.3) is 0 Å². The van der Waals surface area contributed by atoms with E-state index in [0.717, 1.165) is 24.7 Å². The van der Waals surface area contributed by atoms with Crippen molar-refractivity contribution in [3.8, 4) is 0 Å². The van der Waals surface area contributed by atoms with Crippen LogP contribution in [0.3, 0.4) is 0 Å². The highest BCUT2D eigenvalue weighted by molar-refractivity contribution is 4.83. The standard InChI is InChI=1S/C25H48/c1-5-7-17-21-25(4)23-19-16-14-12-10-8-9-11-13-15-18-22-24(3)20-6-2/h16,19,24-25H,1-2,5-15,17-18,20-23H2,3-4H3/b19-16+. The monoisotopic (exact) mass is 348 g/mol. The molecule has 2 radical (unpaired) electrons. The van der Waals surface area contributed by atoms with Crippen molar-refractivity contribution < 1.29 is 0 Å². The summed E-state index contributed by atoms with van der Waals surface area (Å²) in [5, 5.41) is 0. The first-order valence-corrected chi connectivity index (χ1v) is 11.4. The first-order chi connectivity index (χ1) is 12.2. The zero-order valence-corrected chi connectivity index (χ0v) is 17.7. The molecule has 0 saturated heterocycles. The molecule has 0 saturated carbocycles. The van der Waals surface area contributed by atoms with E-state index in [1.165, 1.54) is 96.3 Å². The van der Waals surface area contributed by atoms with Gasteiger partial charge in [0.2, 0.25) is 0 Å². The van der Waals surface area contributed by atoms with Crippen LogP contribution in [-0.4, -0.2) is 0 Å². The zero-order valence-electron chi connectivity index (χ0n) is 17.7. The molecule has 0 rings (SSSR count). The Morgan fingerprint density at radius 3 is 1.76 bits per heavy atom. The van der Waals surface area contributed by atoms with E-state index in [2.05, 4.69) is 39.8 Å². The minimum Gasteiger partial charge on any atom is -0.0885 e. The Labute approximate surface area is 161 Å². The SMILES string of the molecule is [CH2]CCCCC(C)C/C=C/CCCCCCCCCCC(C)CC[CH2]. The van der Waals surface area contributed by atoms with Crippen molar-refractivity contribution >= 4 is 0 Å². The van der Waals surface area contributed by atoms with Gasteiger partial charge in [0, 0.05) is 0 Å². The predicted molar refractivity (Wildman–Crippen MR) is 117 cm³/mol. The maximum atomic E-state index is 3.95. The van der Waals surface area contributed by atoms with E-state index in [1.807, 2.05) is 0 Å². The molecule has 0 fully saturated rings. The quantitative estimate of drug-likeness (QED) is 0.161. The van der Waals surface area contributed by atoms with Crippen LogP contribution in [0.4, 0.5) is 0 Å². The van der Waals surface area contributed by atoms with Crippen molar-refractivity contribution in [3.63, 3.8) is 0 Å². The summed E-state index contributed by atoms with van der Waals surface area (Å²) in [6.45, 7) is 12.6. The molecule has 0 nitrogen and oxygen atoms in total. The lowest BCUT2D eigenvalue weighted by atomic mass is 9.98. The van der Waals surface area contributed by atoms with E-state index in [0.29, 0.717) is 0 Å². The molecule has 0 heteroatoms. The predicted octanol–water partition coefficient (Wildman–Crippen LogP) is 9.11. The summed E-state index contributed by atoms with van der Waals surface area (Å²) in [6.07, 6.45) is 27.8. The van der Waals surface area contributed by atoms with Crippen molar-refractivity contribution in [1.82, 2.24) is 0 Å². The minimum atomic E-state index is 0.851. The van der Waals surface area contributed by atoms with E-state index in [9.17, 15) is 0 Å². The fraction of sp³-hybridized carbons (Fsp3) is 0.840. The largest absolute Gasteiger partial charge is 0.0885 e. The van der Waals surface area contributed by atoms with Crippen LogP contribution in [0.2, 0.25) is 0 Å². The Morgan fingerprint density at radius 1 is 0.560 bits per heavy atom. The Balaban J connectivity index is 3.21. The molecule has 0 bridgehead atoms. The number of unbranched alkanes of at least 4 members (excludes halogenated alkanes) is 10. The third-order valence-corrected chi connectivity index (χ3v) is 5.42. The lowest BCUT2D eigenvalue weighted by Crippen LogP contribution is -1.93. The zero-order chi connectivity index (χ0) is 18.6. The molecule has 0 aliphatic rings. The van der Waals surface area contributed by atoms with Gasteiger partial charge in [-0.3, -0.25) is 0 Å². The smallest absolute Gasteiger partial charge is 0.0325 e. The number of rotatable bonds is 19. The molecule has 0 aliphatic heterocycles. The molecule has 0 N–H and O–H groups in total. The van der Waals surface area contributed by atoms with E-state index in [4.69, 9.17) is 0 Å². The van der Waals surface area contributed by atoms with Crippen LogP contribution in [0.15, 0.2) is 12.2 Å². The Kier molecular flexibility index (Phi) is 19.8. The summed E-state index contributed by atoms with van der Waals surface area (Å²) in [5.74, 6) is 1.74. The molecule has 0 amide bonds. The summed E-state index contributed by atoms with van der Waals surface area (Å²) in [4.78, 5) is 0. The van der Waals surface area contributed by atoms with Crippen molar-refractivity contribution in [2.75, 3.05) is 0 Å². The van der Waals surface area contributed by atoms with Crippen LogP contribution in [0.5, 0.6) is 0 Å². The molecular weight excluding hydrogens is 300 g/mol. The molecule has 2 atom stereocenters. The van der Waals surface area contributed by atoms with Crippen LogP contribution < -0.4 is 0 Å². The first-order valence-electron chi connectivity index (χ1n) is 11.4. The molecule has 0 aliphatic carbocycles. The lowest BCUT2D eigenvalue weighted by Gasteiger charge is -2.09. The van der Waals surface area contributed by atoms with Gasteiger partial charge in [-0.1, -0.05) is 130 Å². The maximum Gasteiger partial charge on any atom is -0.0325 e. The molecule has 148 valence electrons. The highest BCUT2D eigenvalue weighted by Crippen LogP contribution is 2.17. The Bertz CT molecular complexity index is 265. The van der Waals surface area contributed by atoms with Gasteiger partial charge in [-0.2, -0.15) is 0 Å². The average molecular weight is 349 g/mol. The normalized spacial score (nSPS) is 14.2. The number of allylic oxidation sites excluding steroid dienone is 2. The minimum absolute atomic E-state index is 0.851. The number of hydrogen-bond acceptors (Lipinski definition) is 0. The third kappa shape index (κ3) is 19.9. The van der Waals surface area contributed by atoms with Crippen molar-refractivity contribution in [1.29, 1.82) is 0 Å². The van der Waals surface area contributed by atoms with Crippen LogP contribution in [0, 0.1) is 25.7 Å². The van der Waals surface area contributed by atoms with Gasteiger partial charge in [0.1, 0.15) is 0 Å². The fourth-order valence-electron chi connectivity index (χ4n) is 3.54. The highest BCUT2D eigenvalue weighted by Gasteiger charge is 2.00. The fourth-order valence-corrected chi connectivity index (χ4v) is 3.54. The van der Waals surface area contributed by atoms with Crippen molar-refractivity contribution in [2.24, 2.45) is 11.8 Å².